The number of hydrogen-bond donors (Lipinski definition) is 0. The molecule has 1 aliphatic rings. The molecule has 0 amide bonds. The molecule has 0 saturated carbocycles. The molecular formula is C21H28N2O5S. The Morgan fingerprint density at radius 3 is 2.31 bits per heavy atom. The first-order valence-electron chi connectivity index (χ1n) is 9.74. The largest absolute Gasteiger partial charge is 0.497 e. The van der Waals surface area contributed by atoms with Crippen LogP contribution in [0.3, 0.4) is 0 Å². The zero-order valence-corrected chi connectivity index (χ0v) is 17.7. The maximum absolute atomic E-state index is 13.0. The zero-order chi connectivity index (χ0) is 20.7. The van der Waals surface area contributed by atoms with Crippen molar-refractivity contribution >= 4 is 15.7 Å². The number of sulfonamides is 1. The van der Waals surface area contributed by atoms with Crippen molar-refractivity contribution in [1.29, 1.82) is 0 Å². The van der Waals surface area contributed by atoms with Crippen LogP contribution < -0.4 is 14.4 Å². The number of methoxy groups -OCH3 is 1. The van der Waals surface area contributed by atoms with E-state index in [0.717, 1.165) is 11.4 Å². The molecule has 1 fully saturated rings. The van der Waals surface area contributed by atoms with Gasteiger partial charge >= 0.3 is 0 Å². The molecule has 1 heterocycles. The summed E-state index contributed by atoms with van der Waals surface area (Å²) in [5.74, 6) is 1.42. The van der Waals surface area contributed by atoms with Gasteiger partial charge in [-0.2, -0.15) is 4.31 Å². The minimum atomic E-state index is -3.52. The molecule has 0 spiro atoms. The number of nitrogens with zero attached hydrogens (tertiary/aromatic N) is 2. The summed E-state index contributed by atoms with van der Waals surface area (Å²) in [6, 6.07) is 14.4. The first-order valence-corrected chi connectivity index (χ1v) is 11.2. The Labute approximate surface area is 172 Å². The molecule has 2 aromatic rings. The van der Waals surface area contributed by atoms with Gasteiger partial charge in [0, 0.05) is 44.5 Å². The number of ether oxygens (including phenoxy) is 3. The average Bonchev–Trinajstić information content (AvgIpc) is 2.77. The van der Waals surface area contributed by atoms with Crippen LogP contribution in [0.5, 0.6) is 11.5 Å². The van der Waals surface area contributed by atoms with Crippen molar-refractivity contribution < 1.29 is 22.6 Å². The van der Waals surface area contributed by atoms with Crippen molar-refractivity contribution in [2.45, 2.75) is 11.8 Å². The van der Waals surface area contributed by atoms with Gasteiger partial charge in [0.15, 0.2) is 0 Å². The first kappa shape index (κ1) is 21.4. The van der Waals surface area contributed by atoms with E-state index in [1.54, 1.807) is 31.4 Å². The maximum Gasteiger partial charge on any atom is 0.243 e. The highest BCUT2D eigenvalue weighted by atomic mass is 32.2. The second-order valence-corrected chi connectivity index (χ2v) is 8.55. The van der Waals surface area contributed by atoms with Crippen LogP contribution in [0.25, 0.3) is 0 Å². The lowest BCUT2D eigenvalue weighted by Gasteiger charge is -2.35. The Balaban J connectivity index is 1.59. The summed E-state index contributed by atoms with van der Waals surface area (Å²) >= 11 is 0. The fourth-order valence-electron chi connectivity index (χ4n) is 3.21. The van der Waals surface area contributed by atoms with Crippen LogP contribution >= 0.6 is 0 Å². The summed E-state index contributed by atoms with van der Waals surface area (Å²) in [7, 11) is -1.89. The van der Waals surface area contributed by atoms with Crippen molar-refractivity contribution in [3.63, 3.8) is 0 Å². The molecule has 2 aromatic carbocycles. The van der Waals surface area contributed by atoms with Gasteiger partial charge in [0.05, 0.1) is 18.6 Å². The number of rotatable bonds is 9. The molecule has 0 unspecified atom stereocenters. The lowest BCUT2D eigenvalue weighted by molar-refractivity contribution is 0.110. The van der Waals surface area contributed by atoms with E-state index in [4.69, 9.17) is 14.2 Å². The Kier molecular flexibility index (Phi) is 7.35. The lowest BCUT2D eigenvalue weighted by Crippen LogP contribution is -2.48. The van der Waals surface area contributed by atoms with Crippen LogP contribution in [-0.4, -0.2) is 65.8 Å². The second-order valence-electron chi connectivity index (χ2n) is 6.61. The van der Waals surface area contributed by atoms with Gasteiger partial charge in [0.1, 0.15) is 18.1 Å². The fourth-order valence-corrected chi connectivity index (χ4v) is 4.64. The second kappa shape index (κ2) is 9.96. The summed E-state index contributed by atoms with van der Waals surface area (Å²) in [4.78, 5) is 2.45. The molecule has 7 nitrogen and oxygen atoms in total. The normalized spacial score (nSPS) is 15.3. The highest BCUT2D eigenvalue weighted by Gasteiger charge is 2.28. The summed E-state index contributed by atoms with van der Waals surface area (Å²) in [5, 5.41) is 0. The van der Waals surface area contributed by atoms with Gasteiger partial charge in [-0.3, -0.25) is 0 Å². The van der Waals surface area contributed by atoms with Gasteiger partial charge in [-0.1, -0.05) is 6.07 Å². The van der Waals surface area contributed by atoms with Crippen LogP contribution in [0.4, 0.5) is 5.69 Å². The number of piperazine rings is 1. The van der Waals surface area contributed by atoms with Crippen LogP contribution in [0.2, 0.25) is 0 Å². The van der Waals surface area contributed by atoms with Gasteiger partial charge in [0.2, 0.25) is 10.0 Å². The van der Waals surface area contributed by atoms with Gasteiger partial charge in [-0.15, -0.1) is 0 Å². The van der Waals surface area contributed by atoms with E-state index < -0.39 is 10.0 Å². The van der Waals surface area contributed by atoms with Gasteiger partial charge in [-0.25, -0.2) is 8.42 Å². The van der Waals surface area contributed by atoms with E-state index in [0.29, 0.717) is 51.7 Å². The van der Waals surface area contributed by atoms with Crippen LogP contribution in [0.1, 0.15) is 6.92 Å². The molecule has 1 aliphatic heterocycles. The molecule has 1 saturated heterocycles. The van der Waals surface area contributed by atoms with Gasteiger partial charge in [-0.05, 0) is 43.3 Å². The third-order valence-corrected chi connectivity index (χ3v) is 6.73. The van der Waals surface area contributed by atoms with E-state index in [1.165, 1.54) is 4.31 Å². The monoisotopic (exact) mass is 420 g/mol. The SMILES string of the molecule is CCOCCOc1ccc(S(=O)(=O)N2CCN(c3cccc(OC)c3)CC2)cc1. The highest BCUT2D eigenvalue weighted by molar-refractivity contribution is 7.89. The first-order chi connectivity index (χ1) is 14.0. The number of hydrogen-bond acceptors (Lipinski definition) is 6. The molecule has 0 bridgehead atoms. The molecule has 29 heavy (non-hydrogen) atoms. The van der Waals surface area contributed by atoms with Crippen molar-refractivity contribution in [3.05, 3.63) is 48.5 Å². The summed E-state index contributed by atoms with van der Waals surface area (Å²) in [5.41, 5.74) is 1.04. The van der Waals surface area contributed by atoms with Gasteiger partial charge in [0.25, 0.3) is 0 Å². The highest BCUT2D eigenvalue weighted by Crippen LogP contribution is 2.25. The van der Waals surface area contributed by atoms with E-state index in [1.807, 2.05) is 31.2 Å². The van der Waals surface area contributed by atoms with Crippen molar-refractivity contribution in [3.8, 4) is 11.5 Å². The Morgan fingerprint density at radius 2 is 1.66 bits per heavy atom. The average molecular weight is 421 g/mol. The maximum atomic E-state index is 13.0. The molecule has 0 radical (unpaired) electrons. The van der Waals surface area contributed by atoms with Crippen molar-refractivity contribution in [1.82, 2.24) is 4.31 Å². The van der Waals surface area contributed by atoms with Crippen LogP contribution in [0, 0.1) is 0 Å². The number of anilines is 1. The summed E-state index contributed by atoms with van der Waals surface area (Å²) in [6.45, 7) is 5.65. The molecule has 3 rings (SSSR count). The molecule has 0 N–H and O–H groups in total. The third kappa shape index (κ3) is 5.41. The number of benzene rings is 2. The Morgan fingerprint density at radius 1 is 0.931 bits per heavy atom. The smallest absolute Gasteiger partial charge is 0.243 e. The van der Waals surface area contributed by atoms with Crippen LogP contribution in [-0.2, 0) is 14.8 Å². The van der Waals surface area contributed by atoms with E-state index in [9.17, 15) is 8.42 Å². The molecular weight excluding hydrogens is 392 g/mol. The van der Waals surface area contributed by atoms with E-state index >= 15 is 0 Å². The molecule has 158 valence electrons. The molecule has 0 aromatic heterocycles. The minimum Gasteiger partial charge on any atom is -0.497 e. The Hall–Kier alpha value is -2.29. The van der Waals surface area contributed by atoms with Crippen LogP contribution in [0.15, 0.2) is 53.4 Å². The summed E-state index contributed by atoms with van der Waals surface area (Å²) in [6.07, 6.45) is 0. The minimum absolute atomic E-state index is 0.282. The topological polar surface area (TPSA) is 68.3 Å². The lowest BCUT2D eigenvalue weighted by atomic mass is 10.2. The standard InChI is InChI=1S/C21H28N2O5S/c1-3-27-15-16-28-19-7-9-21(10-8-19)29(24,25)23-13-11-22(12-14-23)18-5-4-6-20(17-18)26-2/h4-10,17H,3,11-16H2,1-2H3. The van der Waals surface area contributed by atoms with Gasteiger partial charge < -0.3 is 19.1 Å². The third-order valence-electron chi connectivity index (χ3n) is 4.82. The Bertz CT molecular complexity index is 878. The quantitative estimate of drug-likeness (QED) is 0.581. The predicted octanol–water partition coefficient (Wildman–Crippen LogP) is 2.62. The molecule has 0 aliphatic carbocycles. The summed E-state index contributed by atoms with van der Waals surface area (Å²) < 4.78 is 43.5. The van der Waals surface area contributed by atoms with Crippen molar-refractivity contribution in [2.24, 2.45) is 0 Å². The zero-order valence-electron chi connectivity index (χ0n) is 16.9. The van der Waals surface area contributed by atoms with E-state index in [-0.39, 0.29) is 4.90 Å². The fraction of sp³-hybridized carbons (Fsp3) is 0.429. The predicted molar refractivity (Wildman–Crippen MR) is 112 cm³/mol. The molecule has 0 atom stereocenters. The van der Waals surface area contributed by atoms with Crippen molar-refractivity contribution in [2.75, 3.05) is 58.0 Å². The molecule has 8 heteroatoms. The van der Waals surface area contributed by atoms with E-state index in [2.05, 4.69) is 4.90 Å².